The standard InChI is InChI=1S/C15H14ClFN2O2/c1-9-3-5-12(7-13(9)16)18-15(21)10(2)19-8-11(17)4-6-14(19)20/h3-8,10H,1-2H3,(H,18,21). The summed E-state index contributed by atoms with van der Waals surface area (Å²) in [5.74, 6) is -1.00. The van der Waals surface area contributed by atoms with Crippen molar-refractivity contribution in [2.75, 3.05) is 5.32 Å². The van der Waals surface area contributed by atoms with Crippen LogP contribution >= 0.6 is 11.6 Å². The number of amides is 1. The van der Waals surface area contributed by atoms with Crippen molar-refractivity contribution in [3.8, 4) is 0 Å². The van der Waals surface area contributed by atoms with E-state index in [1.807, 2.05) is 6.92 Å². The van der Waals surface area contributed by atoms with Crippen LogP contribution in [0.1, 0.15) is 18.5 Å². The van der Waals surface area contributed by atoms with Crippen LogP contribution in [-0.2, 0) is 4.79 Å². The lowest BCUT2D eigenvalue weighted by molar-refractivity contribution is -0.118. The highest BCUT2D eigenvalue weighted by Gasteiger charge is 2.16. The maximum Gasteiger partial charge on any atom is 0.251 e. The van der Waals surface area contributed by atoms with Crippen molar-refractivity contribution in [1.82, 2.24) is 4.57 Å². The van der Waals surface area contributed by atoms with Crippen LogP contribution in [-0.4, -0.2) is 10.5 Å². The second-order valence-electron chi connectivity index (χ2n) is 4.72. The molecule has 0 aliphatic rings. The number of hydrogen-bond acceptors (Lipinski definition) is 2. The molecule has 110 valence electrons. The Labute approximate surface area is 126 Å². The molecular formula is C15H14ClFN2O2. The summed E-state index contributed by atoms with van der Waals surface area (Å²) in [6.45, 7) is 3.37. The number of carbonyl (C=O) groups is 1. The Morgan fingerprint density at radius 1 is 1.33 bits per heavy atom. The molecule has 21 heavy (non-hydrogen) atoms. The van der Waals surface area contributed by atoms with E-state index in [0.29, 0.717) is 10.7 Å². The number of carbonyl (C=O) groups excluding carboxylic acids is 1. The molecule has 1 amide bonds. The van der Waals surface area contributed by atoms with Gasteiger partial charge in [0.15, 0.2) is 0 Å². The van der Waals surface area contributed by atoms with E-state index >= 15 is 0 Å². The summed E-state index contributed by atoms with van der Waals surface area (Å²) in [5, 5.41) is 3.18. The van der Waals surface area contributed by atoms with E-state index in [9.17, 15) is 14.0 Å². The summed E-state index contributed by atoms with van der Waals surface area (Å²) in [7, 11) is 0. The minimum absolute atomic E-state index is 0.428. The van der Waals surface area contributed by atoms with Crippen molar-refractivity contribution in [3.05, 3.63) is 63.3 Å². The molecule has 1 N–H and O–H groups in total. The second-order valence-corrected chi connectivity index (χ2v) is 5.13. The molecule has 1 aromatic carbocycles. The van der Waals surface area contributed by atoms with Crippen molar-refractivity contribution in [2.24, 2.45) is 0 Å². The molecule has 1 heterocycles. The first-order chi connectivity index (χ1) is 9.88. The molecule has 0 bridgehead atoms. The van der Waals surface area contributed by atoms with Gasteiger partial charge < -0.3 is 9.88 Å². The van der Waals surface area contributed by atoms with Crippen LogP contribution in [0.5, 0.6) is 0 Å². The highest BCUT2D eigenvalue weighted by Crippen LogP contribution is 2.20. The smallest absolute Gasteiger partial charge is 0.251 e. The monoisotopic (exact) mass is 308 g/mol. The van der Waals surface area contributed by atoms with Gasteiger partial charge in [-0.15, -0.1) is 0 Å². The molecule has 0 aliphatic heterocycles. The minimum Gasteiger partial charge on any atom is -0.324 e. The predicted molar refractivity (Wildman–Crippen MR) is 80.2 cm³/mol. The van der Waals surface area contributed by atoms with Crippen molar-refractivity contribution in [1.29, 1.82) is 0 Å². The van der Waals surface area contributed by atoms with Crippen LogP contribution in [0.2, 0.25) is 5.02 Å². The summed E-state index contributed by atoms with van der Waals surface area (Å²) >= 11 is 5.98. The third-order valence-electron chi connectivity index (χ3n) is 3.14. The van der Waals surface area contributed by atoms with Crippen LogP contribution in [0.4, 0.5) is 10.1 Å². The molecule has 0 radical (unpaired) electrons. The number of rotatable bonds is 3. The zero-order chi connectivity index (χ0) is 15.6. The third-order valence-corrected chi connectivity index (χ3v) is 3.55. The summed E-state index contributed by atoms with van der Waals surface area (Å²) in [6.07, 6.45) is 1.01. The lowest BCUT2D eigenvalue weighted by Gasteiger charge is -2.15. The Balaban J connectivity index is 2.21. The van der Waals surface area contributed by atoms with Gasteiger partial charge in [-0.25, -0.2) is 4.39 Å². The van der Waals surface area contributed by atoms with E-state index in [2.05, 4.69) is 5.32 Å². The van der Waals surface area contributed by atoms with Gasteiger partial charge in [0.1, 0.15) is 11.9 Å². The molecule has 0 aliphatic carbocycles. The summed E-state index contributed by atoms with van der Waals surface area (Å²) < 4.78 is 14.2. The number of aryl methyl sites for hydroxylation is 1. The fourth-order valence-electron chi connectivity index (χ4n) is 1.82. The lowest BCUT2D eigenvalue weighted by Crippen LogP contribution is -2.31. The Hall–Kier alpha value is -2.14. The van der Waals surface area contributed by atoms with Gasteiger partial charge in [-0.1, -0.05) is 17.7 Å². The largest absolute Gasteiger partial charge is 0.324 e. The van der Waals surface area contributed by atoms with Gasteiger partial charge in [0.25, 0.3) is 5.56 Å². The fourth-order valence-corrected chi connectivity index (χ4v) is 2.00. The van der Waals surface area contributed by atoms with Crippen LogP contribution < -0.4 is 10.9 Å². The van der Waals surface area contributed by atoms with E-state index in [1.165, 1.54) is 6.92 Å². The highest BCUT2D eigenvalue weighted by atomic mass is 35.5. The topological polar surface area (TPSA) is 51.1 Å². The normalized spacial score (nSPS) is 12.0. The lowest BCUT2D eigenvalue weighted by atomic mass is 10.2. The number of anilines is 1. The zero-order valence-corrected chi connectivity index (χ0v) is 12.3. The van der Waals surface area contributed by atoms with E-state index in [0.717, 1.165) is 28.5 Å². The van der Waals surface area contributed by atoms with E-state index < -0.39 is 23.3 Å². The maximum absolute atomic E-state index is 13.2. The maximum atomic E-state index is 13.2. The Morgan fingerprint density at radius 3 is 2.71 bits per heavy atom. The average molecular weight is 309 g/mol. The molecule has 0 saturated carbocycles. The Morgan fingerprint density at radius 2 is 2.05 bits per heavy atom. The molecular weight excluding hydrogens is 295 g/mol. The zero-order valence-electron chi connectivity index (χ0n) is 11.6. The van der Waals surface area contributed by atoms with Crippen LogP contribution in [0.25, 0.3) is 0 Å². The van der Waals surface area contributed by atoms with Crippen molar-refractivity contribution in [3.63, 3.8) is 0 Å². The Bertz CT molecular complexity index is 743. The number of hydrogen-bond donors (Lipinski definition) is 1. The molecule has 1 aromatic heterocycles. The van der Waals surface area contributed by atoms with Crippen LogP contribution in [0.3, 0.4) is 0 Å². The third kappa shape index (κ3) is 3.49. The average Bonchev–Trinajstić information content (AvgIpc) is 2.44. The number of pyridine rings is 1. The second kappa shape index (κ2) is 6.10. The van der Waals surface area contributed by atoms with Gasteiger partial charge in [0.2, 0.25) is 5.91 Å². The van der Waals surface area contributed by atoms with Gasteiger partial charge in [0, 0.05) is 23.0 Å². The van der Waals surface area contributed by atoms with Crippen molar-refractivity contribution < 1.29 is 9.18 Å². The molecule has 6 heteroatoms. The van der Waals surface area contributed by atoms with Gasteiger partial charge in [-0.2, -0.15) is 0 Å². The summed E-state index contributed by atoms with van der Waals surface area (Å²) in [4.78, 5) is 23.8. The number of aromatic nitrogens is 1. The first-order valence-corrected chi connectivity index (χ1v) is 6.71. The van der Waals surface area contributed by atoms with Crippen molar-refractivity contribution in [2.45, 2.75) is 19.9 Å². The first kappa shape index (κ1) is 15.3. The van der Waals surface area contributed by atoms with Gasteiger partial charge in [0.05, 0.1) is 0 Å². The summed E-state index contributed by atoms with van der Waals surface area (Å²) in [6, 6.07) is 6.41. The minimum atomic E-state index is -0.840. The van der Waals surface area contributed by atoms with E-state index in [1.54, 1.807) is 18.2 Å². The van der Waals surface area contributed by atoms with E-state index in [-0.39, 0.29) is 0 Å². The highest BCUT2D eigenvalue weighted by molar-refractivity contribution is 6.31. The molecule has 2 aromatic rings. The molecule has 0 saturated heterocycles. The molecule has 1 atom stereocenters. The molecule has 1 unspecified atom stereocenters. The number of nitrogens with one attached hydrogen (secondary N) is 1. The van der Waals surface area contributed by atoms with Crippen LogP contribution in [0, 0.1) is 12.7 Å². The van der Waals surface area contributed by atoms with Gasteiger partial charge in [-0.05, 0) is 37.6 Å². The quantitative estimate of drug-likeness (QED) is 0.947. The predicted octanol–water partition coefficient (Wildman–Crippen LogP) is 3.15. The molecule has 2 rings (SSSR count). The van der Waals surface area contributed by atoms with E-state index in [4.69, 9.17) is 11.6 Å². The summed E-state index contributed by atoms with van der Waals surface area (Å²) in [5.41, 5.74) is 0.969. The molecule has 0 spiro atoms. The number of halogens is 2. The van der Waals surface area contributed by atoms with Crippen LogP contribution in [0.15, 0.2) is 41.3 Å². The molecule has 4 nitrogen and oxygen atoms in total. The number of nitrogens with zero attached hydrogens (tertiary/aromatic N) is 1. The molecule has 0 fully saturated rings. The van der Waals surface area contributed by atoms with Gasteiger partial charge >= 0.3 is 0 Å². The first-order valence-electron chi connectivity index (χ1n) is 6.33. The number of benzene rings is 1. The fraction of sp³-hybridized carbons (Fsp3) is 0.200. The Kier molecular flexibility index (Phi) is 4.43. The van der Waals surface area contributed by atoms with Crippen molar-refractivity contribution >= 4 is 23.2 Å². The van der Waals surface area contributed by atoms with Gasteiger partial charge in [-0.3, -0.25) is 9.59 Å². The SMILES string of the molecule is Cc1ccc(NC(=O)C(C)n2cc(F)ccc2=O)cc1Cl.